The Hall–Kier alpha value is -3.44. The van der Waals surface area contributed by atoms with Gasteiger partial charge in [-0.05, 0) is 35.9 Å². The average molecular weight is 402 g/mol. The molecular weight excluding hydrogens is 382 g/mol. The number of rotatable bonds is 5. The molecule has 0 unspecified atom stereocenters. The summed E-state index contributed by atoms with van der Waals surface area (Å²) in [7, 11) is 4.03. The van der Waals surface area contributed by atoms with Crippen molar-refractivity contribution in [3.05, 3.63) is 83.4 Å². The number of hydrazone groups is 1. The summed E-state index contributed by atoms with van der Waals surface area (Å²) >= 11 is 6.20. The van der Waals surface area contributed by atoms with Gasteiger partial charge in [-0.25, -0.2) is 15.4 Å². The molecule has 0 aliphatic heterocycles. The molecule has 4 rings (SSSR count). The van der Waals surface area contributed by atoms with Crippen molar-refractivity contribution in [2.24, 2.45) is 5.10 Å². The number of nitrogens with one attached hydrogen (secondary N) is 1. The Balaban J connectivity index is 1.65. The third-order valence-electron chi connectivity index (χ3n) is 4.49. The molecule has 0 saturated carbocycles. The van der Waals surface area contributed by atoms with E-state index in [1.807, 2.05) is 86.9 Å². The quantitative estimate of drug-likeness (QED) is 0.356. The van der Waals surface area contributed by atoms with Crippen LogP contribution >= 0.6 is 11.6 Å². The van der Waals surface area contributed by atoms with E-state index in [0.717, 1.165) is 33.4 Å². The molecule has 6 heteroatoms. The summed E-state index contributed by atoms with van der Waals surface area (Å²) in [5, 5.41) is 5.86. The number of fused-ring (bicyclic) bond motifs is 1. The van der Waals surface area contributed by atoms with Crippen LogP contribution in [-0.2, 0) is 0 Å². The molecule has 0 atom stereocenters. The Morgan fingerprint density at radius 1 is 0.931 bits per heavy atom. The molecule has 0 bridgehead atoms. The number of hydrogen-bond acceptors (Lipinski definition) is 5. The van der Waals surface area contributed by atoms with Crippen molar-refractivity contribution in [1.82, 2.24) is 9.97 Å². The van der Waals surface area contributed by atoms with E-state index in [1.54, 1.807) is 6.21 Å². The molecule has 144 valence electrons. The van der Waals surface area contributed by atoms with E-state index in [4.69, 9.17) is 11.6 Å². The van der Waals surface area contributed by atoms with Gasteiger partial charge in [-0.2, -0.15) is 5.10 Å². The molecule has 0 aliphatic rings. The Morgan fingerprint density at radius 2 is 1.69 bits per heavy atom. The standard InChI is InChI=1S/C23H20ClN5/c1-29(2)19-11-8-16(9-12-19)15-25-28-23-26-21-13-10-18(24)14-20(21)22(27-23)17-6-4-3-5-7-17/h3-15H,1-2H3,(H,26,27,28)/b25-15-. The molecule has 1 heterocycles. The first-order valence-corrected chi connectivity index (χ1v) is 9.57. The predicted octanol–water partition coefficient (Wildman–Crippen LogP) is 5.46. The maximum absolute atomic E-state index is 6.20. The molecular formula is C23H20ClN5. The van der Waals surface area contributed by atoms with Gasteiger partial charge in [0.2, 0.25) is 5.95 Å². The van der Waals surface area contributed by atoms with Crippen LogP contribution in [0.4, 0.5) is 11.6 Å². The lowest BCUT2D eigenvalue weighted by Gasteiger charge is -2.11. The molecule has 1 N–H and O–H groups in total. The second kappa shape index (κ2) is 8.29. The van der Waals surface area contributed by atoms with E-state index >= 15 is 0 Å². The van der Waals surface area contributed by atoms with Crippen LogP contribution < -0.4 is 10.3 Å². The van der Waals surface area contributed by atoms with Gasteiger partial charge < -0.3 is 4.90 Å². The Morgan fingerprint density at radius 3 is 2.41 bits per heavy atom. The van der Waals surface area contributed by atoms with Crippen LogP contribution in [-0.4, -0.2) is 30.3 Å². The highest BCUT2D eigenvalue weighted by Crippen LogP contribution is 2.29. The number of halogens is 1. The molecule has 4 aromatic rings. The van der Waals surface area contributed by atoms with Crippen LogP contribution in [0.5, 0.6) is 0 Å². The van der Waals surface area contributed by atoms with Gasteiger partial charge in [-0.15, -0.1) is 0 Å². The Bertz CT molecular complexity index is 1160. The van der Waals surface area contributed by atoms with E-state index in [2.05, 4.69) is 25.4 Å². The lowest BCUT2D eigenvalue weighted by atomic mass is 10.1. The van der Waals surface area contributed by atoms with E-state index in [0.29, 0.717) is 11.0 Å². The van der Waals surface area contributed by atoms with Gasteiger partial charge in [-0.1, -0.05) is 54.1 Å². The summed E-state index contributed by atoms with van der Waals surface area (Å²) in [5.74, 6) is 0.430. The lowest BCUT2D eigenvalue weighted by molar-refractivity contribution is 1.13. The molecule has 0 radical (unpaired) electrons. The average Bonchev–Trinajstić information content (AvgIpc) is 2.74. The van der Waals surface area contributed by atoms with Crippen molar-refractivity contribution in [2.45, 2.75) is 0 Å². The van der Waals surface area contributed by atoms with Crippen LogP contribution in [0.2, 0.25) is 5.02 Å². The highest BCUT2D eigenvalue weighted by atomic mass is 35.5. The first-order chi connectivity index (χ1) is 14.1. The minimum absolute atomic E-state index is 0.430. The van der Waals surface area contributed by atoms with Gasteiger partial charge in [0.05, 0.1) is 17.4 Å². The highest BCUT2D eigenvalue weighted by molar-refractivity contribution is 6.31. The number of hydrogen-bond donors (Lipinski definition) is 1. The van der Waals surface area contributed by atoms with Gasteiger partial charge in [0.25, 0.3) is 0 Å². The fraction of sp³-hybridized carbons (Fsp3) is 0.0870. The largest absolute Gasteiger partial charge is 0.378 e. The molecule has 0 amide bonds. The topological polar surface area (TPSA) is 53.4 Å². The van der Waals surface area contributed by atoms with Gasteiger partial charge in [0.15, 0.2) is 0 Å². The molecule has 0 aliphatic carbocycles. The molecule has 0 spiro atoms. The van der Waals surface area contributed by atoms with Crippen LogP contribution in [0.25, 0.3) is 22.2 Å². The first kappa shape index (κ1) is 18.9. The minimum atomic E-state index is 0.430. The van der Waals surface area contributed by atoms with Crippen LogP contribution in [0, 0.1) is 0 Å². The predicted molar refractivity (Wildman–Crippen MR) is 122 cm³/mol. The Kier molecular flexibility index (Phi) is 5.40. The lowest BCUT2D eigenvalue weighted by Crippen LogP contribution is -2.08. The number of anilines is 2. The van der Waals surface area contributed by atoms with Gasteiger partial charge >= 0.3 is 0 Å². The van der Waals surface area contributed by atoms with Gasteiger partial charge in [0, 0.05) is 35.8 Å². The second-order valence-electron chi connectivity index (χ2n) is 6.78. The summed E-state index contributed by atoms with van der Waals surface area (Å²) in [6, 6.07) is 23.7. The van der Waals surface area contributed by atoms with E-state index in [1.165, 1.54) is 0 Å². The first-order valence-electron chi connectivity index (χ1n) is 9.19. The molecule has 3 aromatic carbocycles. The zero-order valence-corrected chi connectivity index (χ0v) is 16.9. The smallest absolute Gasteiger partial charge is 0.244 e. The second-order valence-corrected chi connectivity index (χ2v) is 7.22. The normalized spacial score (nSPS) is 11.1. The number of aromatic nitrogens is 2. The van der Waals surface area contributed by atoms with Crippen LogP contribution in [0.1, 0.15) is 5.56 Å². The van der Waals surface area contributed by atoms with Crippen molar-refractivity contribution in [3.8, 4) is 11.3 Å². The zero-order chi connectivity index (χ0) is 20.2. The number of nitrogens with zero attached hydrogens (tertiary/aromatic N) is 4. The molecule has 1 aromatic heterocycles. The third kappa shape index (κ3) is 4.36. The third-order valence-corrected chi connectivity index (χ3v) is 4.73. The molecule has 29 heavy (non-hydrogen) atoms. The zero-order valence-electron chi connectivity index (χ0n) is 16.2. The Labute approximate surface area is 174 Å². The van der Waals surface area contributed by atoms with E-state index in [9.17, 15) is 0 Å². The molecule has 0 fully saturated rings. The molecule has 0 saturated heterocycles. The fourth-order valence-corrected chi connectivity index (χ4v) is 3.16. The number of benzene rings is 3. The van der Waals surface area contributed by atoms with Crippen molar-refractivity contribution >= 4 is 40.4 Å². The minimum Gasteiger partial charge on any atom is -0.378 e. The van der Waals surface area contributed by atoms with Crippen molar-refractivity contribution in [2.75, 3.05) is 24.4 Å². The summed E-state index contributed by atoms with van der Waals surface area (Å²) in [6.07, 6.45) is 1.75. The maximum Gasteiger partial charge on any atom is 0.244 e. The SMILES string of the molecule is CN(C)c1ccc(/C=N\Nc2nc(-c3ccccc3)c3cc(Cl)ccc3n2)cc1. The summed E-state index contributed by atoms with van der Waals surface area (Å²) in [5.41, 5.74) is 7.68. The van der Waals surface area contributed by atoms with Crippen LogP contribution in [0.3, 0.4) is 0 Å². The van der Waals surface area contributed by atoms with Crippen LogP contribution in [0.15, 0.2) is 77.9 Å². The maximum atomic E-state index is 6.20. The van der Waals surface area contributed by atoms with Crippen molar-refractivity contribution < 1.29 is 0 Å². The summed E-state index contributed by atoms with van der Waals surface area (Å²) < 4.78 is 0. The van der Waals surface area contributed by atoms with Crippen molar-refractivity contribution in [3.63, 3.8) is 0 Å². The fourth-order valence-electron chi connectivity index (χ4n) is 2.99. The van der Waals surface area contributed by atoms with Crippen molar-refractivity contribution in [1.29, 1.82) is 0 Å². The van der Waals surface area contributed by atoms with E-state index in [-0.39, 0.29) is 0 Å². The summed E-state index contributed by atoms with van der Waals surface area (Å²) in [6.45, 7) is 0. The van der Waals surface area contributed by atoms with E-state index < -0.39 is 0 Å². The monoisotopic (exact) mass is 401 g/mol. The van der Waals surface area contributed by atoms with Gasteiger partial charge in [0.1, 0.15) is 0 Å². The van der Waals surface area contributed by atoms with Gasteiger partial charge in [-0.3, -0.25) is 0 Å². The molecule has 5 nitrogen and oxygen atoms in total. The highest BCUT2D eigenvalue weighted by Gasteiger charge is 2.10. The summed E-state index contributed by atoms with van der Waals surface area (Å²) in [4.78, 5) is 11.3.